The van der Waals surface area contributed by atoms with Crippen molar-refractivity contribution in [1.29, 1.82) is 0 Å². The van der Waals surface area contributed by atoms with Gasteiger partial charge in [-0.25, -0.2) is 9.18 Å². The first-order chi connectivity index (χ1) is 13.6. The van der Waals surface area contributed by atoms with Gasteiger partial charge in [0.1, 0.15) is 12.0 Å². The Bertz CT molecular complexity index is 615. The number of urea groups is 1. The van der Waals surface area contributed by atoms with Crippen LogP contribution in [-0.4, -0.2) is 59.5 Å². The highest BCUT2D eigenvalue weighted by Crippen LogP contribution is 2.32. The van der Waals surface area contributed by atoms with Crippen molar-refractivity contribution in [3.8, 4) is 0 Å². The molecule has 4 rings (SSSR count). The molecule has 2 atom stereocenters. The van der Waals surface area contributed by atoms with E-state index in [-0.39, 0.29) is 11.9 Å². The molecular formula is C22H34FN3O2. The van der Waals surface area contributed by atoms with Crippen LogP contribution >= 0.6 is 0 Å². The standard InChI is InChI=1S/C22H34FN3O2/c23-17-9-7-16(8-10-17)21(27)6-3-13-25-14-11-18(12-15-25)26-20-5-2-1-4-19(20)24-22(26)28/h11,16-17,19-20H,1-10,12-15H2,(H,24,28). The maximum absolute atomic E-state index is 13.2. The van der Waals surface area contributed by atoms with Gasteiger partial charge >= 0.3 is 6.03 Å². The first-order valence-electron chi connectivity index (χ1n) is 11.3. The number of ketones is 1. The topological polar surface area (TPSA) is 52.7 Å². The number of Topliss-reactive ketones (excluding diaryl/α,β-unsaturated/α-hetero) is 1. The molecule has 2 unspecified atom stereocenters. The molecule has 156 valence electrons. The van der Waals surface area contributed by atoms with Crippen LogP contribution in [0.2, 0.25) is 0 Å². The number of rotatable bonds is 6. The van der Waals surface area contributed by atoms with E-state index in [4.69, 9.17) is 0 Å². The molecule has 0 bridgehead atoms. The highest BCUT2D eigenvalue weighted by molar-refractivity contribution is 5.81. The van der Waals surface area contributed by atoms with E-state index in [1.54, 1.807) is 0 Å². The minimum absolute atomic E-state index is 0.0881. The van der Waals surface area contributed by atoms with Crippen LogP contribution in [0.25, 0.3) is 0 Å². The van der Waals surface area contributed by atoms with Gasteiger partial charge in [0, 0.05) is 37.5 Å². The van der Waals surface area contributed by atoms with Gasteiger partial charge in [0.05, 0.1) is 12.1 Å². The predicted octanol–water partition coefficient (Wildman–Crippen LogP) is 3.79. The molecule has 4 aliphatic rings. The van der Waals surface area contributed by atoms with Crippen molar-refractivity contribution in [1.82, 2.24) is 15.1 Å². The highest BCUT2D eigenvalue weighted by Gasteiger charge is 2.42. The summed E-state index contributed by atoms with van der Waals surface area (Å²) in [4.78, 5) is 29.2. The molecule has 0 radical (unpaired) electrons. The third kappa shape index (κ3) is 4.42. The molecule has 5 nitrogen and oxygen atoms in total. The summed E-state index contributed by atoms with van der Waals surface area (Å²) >= 11 is 0. The van der Waals surface area contributed by atoms with E-state index in [1.165, 1.54) is 18.5 Å². The van der Waals surface area contributed by atoms with E-state index in [9.17, 15) is 14.0 Å². The molecule has 2 amide bonds. The number of carbonyl (C=O) groups excluding carboxylic acids is 2. The molecule has 3 fully saturated rings. The second kappa shape index (κ2) is 8.93. The lowest BCUT2D eigenvalue weighted by atomic mass is 9.84. The third-order valence-corrected chi connectivity index (χ3v) is 7.18. The van der Waals surface area contributed by atoms with Crippen LogP contribution in [0.5, 0.6) is 0 Å². The summed E-state index contributed by atoms with van der Waals surface area (Å²) in [6, 6.07) is 0.764. The Labute approximate surface area is 167 Å². The zero-order chi connectivity index (χ0) is 19.5. The molecule has 2 saturated carbocycles. The third-order valence-electron chi connectivity index (χ3n) is 7.18. The summed E-state index contributed by atoms with van der Waals surface area (Å²) in [6.45, 7) is 2.73. The van der Waals surface area contributed by atoms with Crippen molar-refractivity contribution in [3.05, 3.63) is 11.8 Å². The van der Waals surface area contributed by atoms with Crippen LogP contribution < -0.4 is 5.32 Å². The average molecular weight is 392 g/mol. The number of fused-ring (bicyclic) bond motifs is 1. The van der Waals surface area contributed by atoms with E-state index < -0.39 is 6.17 Å². The summed E-state index contributed by atoms with van der Waals surface area (Å²) < 4.78 is 13.2. The lowest BCUT2D eigenvalue weighted by molar-refractivity contribution is -0.124. The molecule has 2 heterocycles. The maximum atomic E-state index is 13.2. The number of nitrogens with zero attached hydrogens (tertiary/aromatic N) is 2. The number of amides is 2. The number of carbonyl (C=O) groups is 2. The van der Waals surface area contributed by atoms with E-state index >= 15 is 0 Å². The monoisotopic (exact) mass is 391 g/mol. The van der Waals surface area contributed by atoms with Crippen molar-refractivity contribution >= 4 is 11.8 Å². The summed E-state index contributed by atoms with van der Waals surface area (Å²) in [7, 11) is 0. The molecule has 2 aliphatic heterocycles. The van der Waals surface area contributed by atoms with Crippen molar-refractivity contribution in [2.24, 2.45) is 5.92 Å². The van der Waals surface area contributed by atoms with Gasteiger partial charge in [0.2, 0.25) is 0 Å². The number of alkyl halides is 1. The van der Waals surface area contributed by atoms with E-state index in [1.807, 2.05) is 4.90 Å². The van der Waals surface area contributed by atoms with Gasteiger partial charge in [-0.05, 0) is 51.5 Å². The summed E-state index contributed by atoms with van der Waals surface area (Å²) in [5.74, 6) is 0.425. The number of nitrogens with one attached hydrogen (secondary N) is 1. The second-order valence-corrected chi connectivity index (χ2v) is 9.04. The normalized spacial score (nSPS) is 34.0. The SMILES string of the molecule is O=C(CCCN1CC=C(N2C(=O)NC3CCCCC32)CC1)C1CCC(F)CC1. The zero-order valence-corrected chi connectivity index (χ0v) is 16.9. The highest BCUT2D eigenvalue weighted by atomic mass is 19.1. The van der Waals surface area contributed by atoms with Crippen LogP contribution in [0.4, 0.5) is 9.18 Å². The van der Waals surface area contributed by atoms with Gasteiger partial charge in [-0.1, -0.05) is 18.9 Å². The number of hydrogen-bond acceptors (Lipinski definition) is 3. The van der Waals surface area contributed by atoms with Crippen LogP contribution in [0.3, 0.4) is 0 Å². The first-order valence-corrected chi connectivity index (χ1v) is 11.3. The first kappa shape index (κ1) is 19.9. The fraction of sp³-hybridized carbons (Fsp3) is 0.818. The molecule has 0 aromatic carbocycles. The smallest absolute Gasteiger partial charge is 0.322 e. The maximum Gasteiger partial charge on any atom is 0.322 e. The van der Waals surface area contributed by atoms with E-state index in [0.717, 1.165) is 58.2 Å². The molecule has 6 heteroatoms. The molecule has 2 aliphatic carbocycles. The zero-order valence-electron chi connectivity index (χ0n) is 16.9. The van der Waals surface area contributed by atoms with Gasteiger partial charge in [-0.3, -0.25) is 14.6 Å². The molecule has 28 heavy (non-hydrogen) atoms. The number of hydrogen-bond donors (Lipinski definition) is 1. The molecule has 0 spiro atoms. The fourth-order valence-electron chi connectivity index (χ4n) is 5.49. The number of halogens is 1. The van der Waals surface area contributed by atoms with Crippen LogP contribution in [0.1, 0.15) is 70.6 Å². The molecular weight excluding hydrogens is 357 g/mol. The van der Waals surface area contributed by atoms with Gasteiger partial charge in [-0.15, -0.1) is 0 Å². The lowest BCUT2D eigenvalue weighted by Gasteiger charge is -2.35. The Morgan fingerprint density at radius 2 is 1.93 bits per heavy atom. The van der Waals surface area contributed by atoms with Crippen molar-refractivity contribution < 1.29 is 14.0 Å². The quantitative estimate of drug-likeness (QED) is 0.749. The van der Waals surface area contributed by atoms with Crippen molar-refractivity contribution in [2.75, 3.05) is 19.6 Å². The molecule has 0 aromatic rings. The summed E-state index contributed by atoms with van der Waals surface area (Å²) in [6.07, 6.45) is 11.2. The fourth-order valence-corrected chi connectivity index (χ4v) is 5.49. The van der Waals surface area contributed by atoms with Gasteiger partial charge in [0.25, 0.3) is 0 Å². The van der Waals surface area contributed by atoms with Gasteiger partial charge in [0.15, 0.2) is 0 Å². The summed E-state index contributed by atoms with van der Waals surface area (Å²) in [5.41, 5.74) is 1.18. The summed E-state index contributed by atoms with van der Waals surface area (Å²) in [5, 5.41) is 3.17. The Kier molecular flexibility index (Phi) is 6.34. The largest absolute Gasteiger partial charge is 0.333 e. The predicted molar refractivity (Wildman–Crippen MR) is 107 cm³/mol. The van der Waals surface area contributed by atoms with E-state index in [2.05, 4.69) is 16.3 Å². The van der Waals surface area contributed by atoms with Crippen LogP contribution in [-0.2, 0) is 4.79 Å². The second-order valence-electron chi connectivity index (χ2n) is 9.04. The van der Waals surface area contributed by atoms with Crippen molar-refractivity contribution in [3.63, 3.8) is 0 Å². The van der Waals surface area contributed by atoms with Crippen LogP contribution in [0, 0.1) is 5.92 Å². The lowest BCUT2D eigenvalue weighted by Crippen LogP contribution is -2.41. The van der Waals surface area contributed by atoms with E-state index in [0.29, 0.717) is 37.1 Å². The molecule has 1 N–H and O–H groups in total. The van der Waals surface area contributed by atoms with Crippen molar-refractivity contribution in [2.45, 2.75) is 88.9 Å². The minimum Gasteiger partial charge on any atom is -0.333 e. The average Bonchev–Trinajstić information content (AvgIpc) is 3.05. The Balaban J connectivity index is 1.21. The van der Waals surface area contributed by atoms with Crippen LogP contribution in [0.15, 0.2) is 11.8 Å². The Hall–Kier alpha value is -1.43. The minimum atomic E-state index is -0.694. The molecule has 0 aromatic heterocycles. The Morgan fingerprint density at radius 3 is 2.68 bits per heavy atom. The van der Waals surface area contributed by atoms with Gasteiger partial charge in [-0.2, -0.15) is 0 Å². The molecule has 1 saturated heterocycles. The van der Waals surface area contributed by atoms with Gasteiger partial charge < -0.3 is 5.32 Å². The Morgan fingerprint density at radius 1 is 1.14 bits per heavy atom.